The molecule has 104 valence electrons. The van der Waals surface area contributed by atoms with Gasteiger partial charge in [-0.3, -0.25) is 4.79 Å². The summed E-state index contributed by atoms with van der Waals surface area (Å²) in [5.74, 6) is 0.917. The molecule has 0 aromatic heterocycles. The number of ether oxygens (including phenoxy) is 1. The van der Waals surface area contributed by atoms with Crippen LogP contribution >= 0.6 is 12.2 Å². The topological polar surface area (TPSA) is 64.3 Å². The molecule has 0 heterocycles. The van der Waals surface area contributed by atoms with Crippen LogP contribution in [0.1, 0.15) is 26.3 Å². The van der Waals surface area contributed by atoms with Gasteiger partial charge in [-0.25, -0.2) is 0 Å². The number of rotatable bonds is 6. The molecule has 0 saturated heterocycles. The zero-order valence-electron chi connectivity index (χ0n) is 11.5. The Hall–Kier alpha value is -1.62. The summed E-state index contributed by atoms with van der Waals surface area (Å²) in [4.78, 5) is 12.1. The summed E-state index contributed by atoms with van der Waals surface area (Å²) in [7, 11) is 0. The van der Waals surface area contributed by atoms with Crippen LogP contribution in [0.5, 0.6) is 5.75 Å². The van der Waals surface area contributed by atoms with Gasteiger partial charge < -0.3 is 15.8 Å². The van der Waals surface area contributed by atoms with Gasteiger partial charge in [0.05, 0.1) is 0 Å². The average Bonchev–Trinajstić information content (AvgIpc) is 2.36. The van der Waals surface area contributed by atoms with Crippen molar-refractivity contribution in [2.24, 2.45) is 11.7 Å². The molecule has 0 bridgehead atoms. The summed E-state index contributed by atoms with van der Waals surface area (Å²) in [6.07, 6.45) is -0.533. The Balaban J connectivity index is 2.54. The van der Waals surface area contributed by atoms with E-state index >= 15 is 0 Å². The Kier molecular flexibility index (Phi) is 5.76. The Morgan fingerprint density at radius 1 is 1.32 bits per heavy atom. The Bertz CT molecular complexity index is 443. The maximum absolute atomic E-state index is 11.8. The van der Waals surface area contributed by atoms with Crippen molar-refractivity contribution in [3.05, 3.63) is 29.8 Å². The van der Waals surface area contributed by atoms with E-state index in [0.29, 0.717) is 23.2 Å². The van der Waals surface area contributed by atoms with Crippen LogP contribution in [0.2, 0.25) is 0 Å². The number of carbonyl (C=O) groups excluding carboxylic acids is 1. The quantitative estimate of drug-likeness (QED) is 0.781. The van der Waals surface area contributed by atoms with Gasteiger partial charge in [0.1, 0.15) is 10.7 Å². The molecule has 1 atom stereocenters. The van der Waals surface area contributed by atoms with Gasteiger partial charge in [-0.2, -0.15) is 0 Å². The fourth-order valence-corrected chi connectivity index (χ4v) is 1.54. The summed E-state index contributed by atoms with van der Waals surface area (Å²) < 4.78 is 5.55. The number of nitrogens with one attached hydrogen (secondary N) is 1. The normalized spacial score (nSPS) is 12.0. The van der Waals surface area contributed by atoms with Gasteiger partial charge in [0.25, 0.3) is 5.91 Å². The number of benzene rings is 1. The third kappa shape index (κ3) is 5.26. The van der Waals surface area contributed by atoms with E-state index < -0.39 is 6.10 Å². The highest BCUT2D eigenvalue weighted by molar-refractivity contribution is 7.80. The SMILES string of the molecule is CC(C)CNC(=O)C(C)Oc1ccc(C(N)=S)cc1. The molecule has 5 heteroatoms. The maximum atomic E-state index is 11.8. The molecule has 1 aromatic rings. The molecule has 0 fully saturated rings. The first kappa shape index (κ1) is 15.4. The highest BCUT2D eigenvalue weighted by Gasteiger charge is 2.14. The van der Waals surface area contributed by atoms with E-state index in [-0.39, 0.29) is 5.91 Å². The third-order valence-electron chi connectivity index (χ3n) is 2.51. The second-order valence-corrected chi connectivity index (χ2v) is 5.23. The van der Waals surface area contributed by atoms with Crippen molar-refractivity contribution in [1.82, 2.24) is 5.32 Å². The number of hydrogen-bond donors (Lipinski definition) is 2. The lowest BCUT2D eigenvalue weighted by atomic mass is 10.2. The van der Waals surface area contributed by atoms with Gasteiger partial charge in [-0.15, -0.1) is 0 Å². The van der Waals surface area contributed by atoms with E-state index in [0.717, 1.165) is 5.56 Å². The summed E-state index contributed by atoms with van der Waals surface area (Å²) in [5, 5.41) is 2.83. The Morgan fingerprint density at radius 2 is 1.89 bits per heavy atom. The number of nitrogens with two attached hydrogens (primary N) is 1. The second-order valence-electron chi connectivity index (χ2n) is 4.79. The molecule has 19 heavy (non-hydrogen) atoms. The molecule has 1 amide bonds. The Labute approximate surface area is 119 Å². The van der Waals surface area contributed by atoms with Crippen LogP contribution in [0.15, 0.2) is 24.3 Å². The van der Waals surface area contributed by atoms with Gasteiger partial charge in [-0.1, -0.05) is 26.1 Å². The van der Waals surface area contributed by atoms with Crippen molar-refractivity contribution in [2.75, 3.05) is 6.54 Å². The molecule has 1 unspecified atom stereocenters. The van der Waals surface area contributed by atoms with Crippen molar-refractivity contribution in [3.63, 3.8) is 0 Å². The monoisotopic (exact) mass is 280 g/mol. The zero-order valence-corrected chi connectivity index (χ0v) is 12.3. The molecule has 0 radical (unpaired) electrons. The molecule has 0 aliphatic heterocycles. The lowest BCUT2D eigenvalue weighted by Crippen LogP contribution is -2.38. The molecule has 3 N–H and O–H groups in total. The summed E-state index contributed by atoms with van der Waals surface area (Å²) in [5.41, 5.74) is 6.28. The van der Waals surface area contributed by atoms with Crippen molar-refractivity contribution in [2.45, 2.75) is 26.9 Å². The van der Waals surface area contributed by atoms with Crippen LogP contribution < -0.4 is 15.8 Å². The molecule has 1 rings (SSSR count). The molecular formula is C14H20N2O2S. The second kappa shape index (κ2) is 7.09. The van der Waals surface area contributed by atoms with E-state index in [1.165, 1.54) is 0 Å². The minimum Gasteiger partial charge on any atom is -0.481 e. The van der Waals surface area contributed by atoms with E-state index in [4.69, 9.17) is 22.7 Å². The van der Waals surface area contributed by atoms with Crippen molar-refractivity contribution in [3.8, 4) is 5.75 Å². The van der Waals surface area contributed by atoms with E-state index in [1.807, 2.05) is 13.8 Å². The third-order valence-corrected chi connectivity index (χ3v) is 2.74. The molecule has 4 nitrogen and oxygen atoms in total. The number of thiocarbonyl (C=S) groups is 1. The minimum atomic E-state index is -0.533. The van der Waals surface area contributed by atoms with E-state index in [1.54, 1.807) is 31.2 Å². The summed E-state index contributed by atoms with van der Waals surface area (Å²) in [6, 6.07) is 7.05. The average molecular weight is 280 g/mol. The van der Waals surface area contributed by atoms with E-state index in [2.05, 4.69) is 5.32 Å². The van der Waals surface area contributed by atoms with Crippen molar-refractivity contribution < 1.29 is 9.53 Å². The Morgan fingerprint density at radius 3 is 2.37 bits per heavy atom. The predicted octanol–water partition coefficient (Wildman–Crippen LogP) is 1.86. The first-order chi connectivity index (χ1) is 8.90. The first-order valence-corrected chi connectivity index (χ1v) is 6.65. The highest BCUT2D eigenvalue weighted by Crippen LogP contribution is 2.14. The lowest BCUT2D eigenvalue weighted by molar-refractivity contribution is -0.127. The standard InChI is InChI=1S/C14H20N2O2S/c1-9(2)8-16-14(17)10(3)18-12-6-4-11(5-7-12)13(15)19/h4-7,9-10H,8H2,1-3H3,(H2,15,19)(H,16,17). The fourth-order valence-electron chi connectivity index (χ4n) is 1.40. The van der Waals surface area contributed by atoms with Gasteiger partial charge in [0, 0.05) is 12.1 Å². The van der Waals surface area contributed by atoms with Crippen LogP contribution in [0, 0.1) is 5.92 Å². The molecular weight excluding hydrogens is 260 g/mol. The van der Waals surface area contributed by atoms with Gasteiger partial charge in [0.2, 0.25) is 0 Å². The molecule has 0 aliphatic rings. The maximum Gasteiger partial charge on any atom is 0.260 e. The highest BCUT2D eigenvalue weighted by atomic mass is 32.1. The number of amides is 1. The predicted molar refractivity (Wildman–Crippen MR) is 80.3 cm³/mol. The molecule has 0 aliphatic carbocycles. The number of carbonyl (C=O) groups is 1. The van der Waals surface area contributed by atoms with Crippen LogP contribution in [0.3, 0.4) is 0 Å². The molecule has 1 aromatic carbocycles. The van der Waals surface area contributed by atoms with E-state index in [9.17, 15) is 4.79 Å². The minimum absolute atomic E-state index is 0.118. The number of hydrogen-bond acceptors (Lipinski definition) is 3. The zero-order chi connectivity index (χ0) is 14.4. The largest absolute Gasteiger partial charge is 0.481 e. The fraction of sp³-hybridized carbons (Fsp3) is 0.429. The lowest BCUT2D eigenvalue weighted by Gasteiger charge is -2.15. The van der Waals surface area contributed by atoms with Gasteiger partial charge in [0.15, 0.2) is 6.10 Å². The van der Waals surface area contributed by atoms with Crippen molar-refractivity contribution >= 4 is 23.1 Å². The summed E-state index contributed by atoms with van der Waals surface area (Å²) >= 11 is 4.87. The van der Waals surface area contributed by atoms with Crippen LogP contribution in [0.4, 0.5) is 0 Å². The van der Waals surface area contributed by atoms with Crippen LogP contribution in [-0.4, -0.2) is 23.5 Å². The summed E-state index contributed by atoms with van der Waals surface area (Å²) in [6.45, 7) is 6.45. The van der Waals surface area contributed by atoms with Crippen LogP contribution in [-0.2, 0) is 4.79 Å². The molecule has 0 spiro atoms. The van der Waals surface area contributed by atoms with Gasteiger partial charge >= 0.3 is 0 Å². The van der Waals surface area contributed by atoms with Crippen LogP contribution in [0.25, 0.3) is 0 Å². The first-order valence-electron chi connectivity index (χ1n) is 6.24. The van der Waals surface area contributed by atoms with Crippen molar-refractivity contribution in [1.29, 1.82) is 0 Å². The van der Waals surface area contributed by atoms with Gasteiger partial charge in [-0.05, 0) is 37.1 Å². The molecule has 0 saturated carbocycles. The smallest absolute Gasteiger partial charge is 0.260 e.